The van der Waals surface area contributed by atoms with Crippen molar-refractivity contribution >= 4 is 11.5 Å². The maximum Gasteiger partial charge on any atom is 0.147 e. The lowest BCUT2D eigenvalue weighted by Gasteiger charge is -2.06. The summed E-state index contributed by atoms with van der Waals surface area (Å²) in [5.41, 5.74) is 3.73. The van der Waals surface area contributed by atoms with Gasteiger partial charge in [0.25, 0.3) is 0 Å². The van der Waals surface area contributed by atoms with Crippen LogP contribution in [-0.2, 0) is 4.74 Å². The third kappa shape index (κ3) is 5.02. The number of hydrogen-bond donors (Lipinski definition) is 1. The van der Waals surface area contributed by atoms with Gasteiger partial charge in [-0.05, 0) is 54.3 Å². The molecule has 6 heteroatoms. The third-order valence-corrected chi connectivity index (χ3v) is 3.96. The molecule has 0 bridgehead atoms. The van der Waals surface area contributed by atoms with Gasteiger partial charge in [-0.1, -0.05) is 19.4 Å². The molecule has 3 rings (SSSR count). The molecule has 4 nitrogen and oxygen atoms in total. The van der Waals surface area contributed by atoms with E-state index in [1.54, 1.807) is 12.1 Å². The van der Waals surface area contributed by atoms with Gasteiger partial charge in [0.1, 0.15) is 24.0 Å². The zero-order chi connectivity index (χ0) is 18.9. The first-order valence-corrected chi connectivity index (χ1v) is 8.62. The lowest BCUT2D eigenvalue weighted by Crippen LogP contribution is -2.06. The second kappa shape index (κ2) is 9.87. The predicted octanol–water partition coefficient (Wildman–Crippen LogP) is 5.47. The van der Waals surface area contributed by atoms with E-state index >= 15 is 0 Å². The standard InChI is InChI=1S/C19H22FN3O.CH3F.H2/c1-3-4-9-24-13-21-18-12-23-11-15(6-8-19(23)22-18)17-10-16(20)7-5-14(17)2;1-2;/h5-8,10-12,21H,3-4,9,13H2,1-2H3;1H3;1H. The Morgan fingerprint density at radius 3 is 2.77 bits per heavy atom. The van der Waals surface area contributed by atoms with E-state index in [-0.39, 0.29) is 7.24 Å². The van der Waals surface area contributed by atoms with Gasteiger partial charge in [-0.15, -0.1) is 0 Å². The molecule has 0 fully saturated rings. The molecule has 0 unspecified atom stereocenters. The van der Waals surface area contributed by atoms with Gasteiger partial charge in [-0.3, -0.25) is 4.39 Å². The molecule has 0 aliphatic rings. The van der Waals surface area contributed by atoms with Crippen LogP contribution in [0.25, 0.3) is 16.8 Å². The third-order valence-electron chi connectivity index (χ3n) is 3.96. The molecule has 1 N–H and O–H groups in total. The van der Waals surface area contributed by atoms with Crippen molar-refractivity contribution in [2.45, 2.75) is 26.7 Å². The monoisotopic (exact) mass is 363 g/mol. The second-order valence-electron chi connectivity index (χ2n) is 5.85. The van der Waals surface area contributed by atoms with Crippen molar-refractivity contribution < 1.29 is 14.9 Å². The Bertz CT molecular complexity index is 839. The zero-order valence-electron chi connectivity index (χ0n) is 15.4. The van der Waals surface area contributed by atoms with Crippen LogP contribution >= 0.6 is 0 Å². The Hall–Kier alpha value is -2.47. The summed E-state index contributed by atoms with van der Waals surface area (Å²) in [4.78, 5) is 4.50. The van der Waals surface area contributed by atoms with Gasteiger partial charge in [0.05, 0.1) is 13.4 Å². The molecule has 0 atom stereocenters. The molecule has 26 heavy (non-hydrogen) atoms. The molecule has 0 aliphatic heterocycles. The number of pyridine rings is 1. The number of anilines is 1. The summed E-state index contributed by atoms with van der Waals surface area (Å²) in [5, 5.41) is 3.16. The number of aromatic nitrogens is 2. The topological polar surface area (TPSA) is 38.6 Å². The fourth-order valence-electron chi connectivity index (χ4n) is 2.59. The van der Waals surface area contributed by atoms with Crippen LogP contribution in [0.3, 0.4) is 0 Å². The van der Waals surface area contributed by atoms with Crippen molar-refractivity contribution in [1.29, 1.82) is 0 Å². The molecule has 0 amide bonds. The van der Waals surface area contributed by atoms with Gasteiger partial charge in [-0.25, -0.2) is 9.37 Å². The Morgan fingerprint density at radius 2 is 2.00 bits per heavy atom. The minimum absolute atomic E-state index is 0. The van der Waals surface area contributed by atoms with Crippen molar-refractivity contribution in [2.75, 3.05) is 25.8 Å². The summed E-state index contributed by atoms with van der Waals surface area (Å²) in [6.45, 7) is 5.31. The maximum absolute atomic E-state index is 13.5. The van der Waals surface area contributed by atoms with E-state index in [1.807, 2.05) is 35.9 Å². The van der Waals surface area contributed by atoms with Crippen molar-refractivity contribution in [3.05, 3.63) is 54.1 Å². The Labute approximate surface area is 154 Å². The first kappa shape index (κ1) is 19.8. The van der Waals surface area contributed by atoms with Gasteiger partial charge in [0.15, 0.2) is 0 Å². The van der Waals surface area contributed by atoms with Crippen LogP contribution in [0.2, 0.25) is 0 Å². The van der Waals surface area contributed by atoms with E-state index in [2.05, 4.69) is 17.2 Å². The van der Waals surface area contributed by atoms with E-state index in [1.165, 1.54) is 6.07 Å². The van der Waals surface area contributed by atoms with Crippen LogP contribution in [-0.4, -0.2) is 29.9 Å². The van der Waals surface area contributed by atoms with E-state index in [4.69, 9.17) is 4.74 Å². The Balaban J connectivity index is 0.00000118. The Kier molecular flexibility index (Phi) is 7.53. The number of hydrogen-bond acceptors (Lipinski definition) is 3. The number of rotatable bonds is 7. The fraction of sp³-hybridized carbons (Fsp3) is 0.350. The molecule has 1 aromatic carbocycles. The Morgan fingerprint density at radius 1 is 1.19 bits per heavy atom. The highest BCUT2D eigenvalue weighted by molar-refractivity contribution is 5.68. The highest BCUT2D eigenvalue weighted by Crippen LogP contribution is 2.25. The summed E-state index contributed by atoms with van der Waals surface area (Å²) in [6, 6.07) is 8.74. The number of benzene rings is 1. The molecule has 0 saturated heterocycles. The van der Waals surface area contributed by atoms with E-state index in [0.29, 0.717) is 13.9 Å². The van der Waals surface area contributed by atoms with Crippen LogP contribution in [0.1, 0.15) is 26.8 Å². The molecule has 2 heterocycles. The summed E-state index contributed by atoms with van der Waals surface area (Å²) >= 11 is 0. The molecule has 0 aliphatic carbocycles. The molecule has 0 radical (unpaired) electrons. The molecular formula is C20H27F2N3O. The van der Waals surface area contributed by atoms with Gasteiger partial charge >= 0.3 is 0 Å². The second-order valence-corrected chi connectivity index (χ2v) is 5.85. The van der Waals surface area contributed by atoms with E-state index in [9.17, 15) is 8.78 Å². The molecule has 0 spiro atoms. The van der Waals surface area contributed by atoms with Crippen LogP contribution in [0, 0.1) is 12.7 Å². The van der Waals surface area contributed by atoms with Gasteiger partial charge in [-0.2, -0.15) is 0 Å². The van der Waals surface area contributed by atoms with Crippen LogP contribution in [0.15, 0.2) is 42.7 Å². The van der Waals surface area contributed by atoms with Gasteiger partial charge in [0.2, 0.25) is 0 Å². The smallest absolute Gasteiger partial charge is 0.147 e. The number of nitrogens with one attached hydrogen (secondary N) is 1. The molecular weight excluding hydrogens is 336 g/mol. The summed E-state index contributed by atoms with van der Waals surface area (Å²) in [6.07, 6.45) is 6.06. The first-order chi connectivity index (χ1) is 12.7. The number of imidazole rings is 1. The van der Waals surface area contributed by atoms with Gasteiger partial charge < -0.3 is 14.5 Å². The average Bonchev–Trinajstić information content (AvgIpc) is 3.07. The highest BCUT2D eigenvalue weighted by Gasteiger charge is 2.07. The van der Waals surface area contributed by atoms with Crippen molar-refractivity contribution in [2.24, 2.45) is 0 Å². The highest BCUT2D eigenvalue weighted by atomic mass is 19.1. The fourth-order valence-corrected chi connectivity index (χ4v) is 2.59. The summed E-state index contributed by atoms with van der Waals surface area (Å²) < 4.78 is 30.5. The van der Waals surface area contributed by atoms with Gasteiger partial charge in [0, 0.05) is 14.2 Å². The lowest BCUT2D eigenvalue weighted by atomic mass is 10.0. The lowest BCUT2D eigenvalue weighted by molar-refractivity contribution is 0.149. The maximum atomic E-state index is 13.5. The molecule has 0 saturated carbocycles. The molecule has 3 aromatic rings. The number of ether oxygens (including phenoxy) is 1. The number of aryl methyl sites for hydroxylation is 1. The zero-order valence-corrected chi connectivity index (χ0v) is 15.4. The normalized spacial score (nSPS) is 10.5. The predicted molar refractivity (Wildman–Crippen MR) is 104 cm³/mol. The quantitative estimate of drug-likeness (QED) is 0.447. The summed E-state index contributed by atoms with van der Waals surface area (Å²) in [7, 11) is 0.500. The molecule has 2 aromatic heterocycles. The number of fused-ring (bicyclic) bond motifs is 1. The largest absolute Gasteiger partial charge is 0.361 e. The number of unbranched alkanes of at least 4 members (excludes halogenated alkanes) is 1. The van der Waals surface area contributed by atoms with E-state index < -0.39 is 0 Å². The first-order valence-electron chi connectivity index (χ1n) is 8.62. The van der Waals surface area contributed by atoms with Crippen molar-refractivity contribution in [3.63, 3.8) is 0 Å². The number of alkyl halides is 1. The number of nitrogens with zero attached hydrogens (tertiary/aromatic N) is 2. The molecule has 142 valence electrons. The van der Waals surface area contributed by atoms with Crippen molar-refractivity contribution in [1.82, 2.24) is 9.38 Å². The van der Waals surface area contributed by atoms with Crippen molar-refractivity contribution in [3.8, 4) is 11.1 Å². The minimum atomic E-state index is -0.229. The van der Waals surface area contributed by atoms with Crippen LogP contribution in [0.5, 0.6) is 0 Å². The minimum Gasteiger partial charge on any atom is -0.361 e. The van der Waals surface area contributed by atoms with Crippen LogP contribution < -0.4 is 5.32 Å². The van der Waals surface area contributed by atoms with Crippen LogP contribution in [0.4, 0.5) is 14.6 Å². The summed E-state index contributed by atoms with van der Waals surface area (Å²) in [5.74, 6) is 0.535. The number of halogens is 2. The SMILES string of the molecule is CCCCOCNc1cn2cc(-c3cc(F)ccc3C)ccc2n1.CF.[HH]. The average molecular weight is 363 g/mol. The van der Waals surface area contributed by atoms with E-state index in [0.717, 1.165) is 47.6 Å².